The molecular formula is C13H17ClFNO. The third-order valence-corrected chi connectivity index (χ3v) is 3.28. The molecule has 94 valence electrons. The molecule has 17 heavy (non-hydrogen) atoms. The Morgan fingerprint density at radius 2 is 2.12 bits per heavy atom. The molecule has 0 bridgehead atoms. The third-order valence-electron chi connectivity index (χ3n) is 2.63. The maximum absolute atomic E-state index is 13.0. The van der Waals surface area contributed by atoms with E-state index in [2.05, 4.69) is 5.32 Å². The largest absolute Gasteiger partial charge is 0.351 e. The Morgan fingerprint density at radius 1 is 1.47 bits per heavy atom. The van der Waals surface area contributed by atoms with Gasteiger partial charge in [-0.15, -0.1) is 11.6 Å². The highest BCUT2D eigenvalue weighted by Crippen LogP contribution is 2.11. The molecule has 4 heteroatoms. The van der Waals surface area contributed by atoms with Gasteiger partial charge < -0.3 is 5.32 Å². The van der Waals surface area contributed by atoms with E-state index in [1.807, 2.05) is 13.8 Å². The van der Waals surface area contributed by atoms with Gasteiger partial charge in [0.1, 0.15) is 5.82 Å². The second-order valence-corrected chi connectivity index (χ2v) is 4.99. The average Bonchev–Trinajstić information content (AvgIpc) is 2.28. The summed E-state index contributed by atoms with van der Waals surface area (Å²) in [5, 5.41) is 2.59. The summed E-state index contributed by atoms with van der Waals surface area (Å²) in [6.07, 6.45) is 0. The number of amides is 1. The molecular weight excluding hydrogens is 241 g/mol. The molecule has 1 aromatic carbocycles. The van der Waals surface area contributed by atoms with Crippen molar-refractivity contribution in [2.45, 2.75) is 26.1 Å². The van der Waals surface area contributed by atoms with Crippen LogP contribution < -0.4 is 5.32 Å². The topological polar surface area (TPSA) is 29.1 Å². The number of rotatable bonds is 4. The molecule has 0 saturated carbocycles. The van der Waals surface area contributed by atoms with E-state index in [0.29, 0.717) is 12.1 Å². The Hall–Kier alpha value is -1.09. The van der Waals surface area contributed by atoms with E-state index >= 15 is 0 Å². The normalized spacial score (nSPS) is 12.6. The molecule has 0 aromatic heterocycles. The quantitative estimate of drug-likeness (QED) is 0.825. The van der Waals surface area contributed by atoms with Crippen LogP contribution in [0.1, 0.15) is 29.8 Å². The van der Waals surface area contributed by atoms with Crippen LogP contribution in [-0.2, 0) is 0 Å². The van der Waals surface area contributed by atoms with E-state index in [0.717, 1.165) is 5.56 Å². The molecule has 0 fully saturated rings. The van der Waals surface area contributed by atoms with E-state index < -0.39 is 5.82 Å². The Labute approximate surface area is 106 Å². The highest BCUT2D eigenvalue weighted by molar-refractivity contribution is 6.21. The highest BCUT2D eigenvalue weighted by Gasteiger charge is 2.14. The van der Waals surface area contributed by atoms with Gasteiger partial charge in [0.2, 0.25) is 0 Å². The van der Waals surface area contributed by atoms with Crippen LogP contribution in [0, 0.1) is 18.7 Å². The van der Waals surface area contributed by atoms with Crippen LogP contribution in [0.2, 0.25) is 0 Å². The molecule has 1 unspecified atom stereocenters. The molecule has 1 aromatic rings. The first-order valence-electron chi connectivity index (χ1n) is 5.60. The minimum absolute atomic E-state index is 0.118. The maximum atomic E-state index is 13.0. The zero-order valence-electron chi connectivity index (χ0n) is 10.3. The molecule has 0 radical (unpaired) electrons. The second kappa shape index (κ2) is 6.01. The SMILES string of the molecule is Cc1ccc(F)cc1C(=O)NCC(Cl)C(C)C. The van der Waals surface area contributed by atoms with Crippen molar-refractivity contribution in [1.29, 1.82) is 0 Å². The van der Waals surface area contributed by atoms with Gasteiger partial charge >= 0.3 is 0 Å². The van der Waals surface area contributed by atoms with E-state index in [4.69, 9.17) is 11.6 Å². The van der Waals surface area contributed by atoms with Crippen LogP contribution >= 0.6 is 11.6 Å². The molecule has 0 aliphatic rings. The maximum Gasteiger partial charge on any atom is 0.251 e. The predicted molar refractivity (Wildman–Crippen MR) is 67.9 cm³/mol. The van der Waals surface area contributed by atoms with Gasteiger partial charge in [0.15, 0.2) is 0 Å². The first-order valence-corrected chi connectivity index (χ1v) is 6.04. The summed E-state index contributed by atoms with van der Waals surface area (Å²) in [4.78, 5) is 11.8. The monoisotopic (exact) mass is 257 g/mol. The summed E-state index contributed by atoms with van der Waals surface area (Å²) in [5.74, 6) is -0.411. The first-order chi connectivity index (χ1) is 7.91. The van der Waals surface area contributed by atoms with Crippen molar-refractivity contribution in [1.82, 2.24) is 5.32 Å². The summed E-state index contributed by atoms with van der Waals surface area (Å²) in [7, 11) is 0. The molecule has 2 nitrogen and oxygen atoms in total. The van der Waals surface area contributed by atoms with Crippen LogP contribution in [0.15, 0.2) is 18.2 Å². The summed E-state index contributed by atoms with van der Waals surface area (Å²) < 4.78 is 13.0. The van der Waals surface area contributed by atoms with Gasteiger partial charge in [0, 0.05) is 12.1 Å². The lowest BCUT2D eigenvalue weighted by Crippen LogP contribution is -2.32. The summed E-state index contributed by atoms with van der Waals surface area (Å²) in [6.45, 7) is 6.12. The first kappa shape index (κ1) is 14.0. The van der Waals surface area contributed by atoms with Gasteiger partial charge in [-0.05, 0) is 30.5 Å². The number of carbonyl (C=O) groups excluding carboxylic acids is 1. The minimum Gasteiger partial charge on any atom is -0.351 e. The van der Waals surface area contributed by atoms with Crippen molar-refractivity contribution in [3.05, 3.63) is 35.1 Å². The van der Waals surface area contributed by atoms with Crippen molar-refractivity contribution in [3.8, 4) is 0 Å². The molecule has 0 aliphatic carbocycles. The molecule has 1 N–H and O–H groups in total. The van der Waals surface area contributed by atoms with E-state index in [-0.39, 0.29) is 17.2 Å². The minimum atomic E-state index is -0.410. The van der Waals surface area contributed by atoms with Crippen molar-refractivity contribution < 1.29 is 9.18 Å². The Morgan fingerprint density at radius 3 is 2.71 bits per heavy atom. The highest BCUT2D eigenvalue weighted by atomic mass is 35.5. The molecule has 1 rings (SSSR count). The molecule has 1 atom stereocenters. The van der Waals surface area contributed by atoms with Gasteiger partial charge in [-0.1, -0.05) is 19.9 Å². The van der Waals surface area contributed by atoms with Crippen LogP contribution in [0.3, 0.4) is 0 Å². The van der Waals surface area contributed by atoms with Gasteiger partial charge in [0.25, 0.3) is 5.91 Å². The zero-order chi connectivity index (χ0) is 13.0. The molecule has 0 saturated heterocycles. The van der Waals surface area contributed by atoms with Crippen molar-refractivity contribution >= 4 is 17.5 Å². The number of hydrogen-bond donors (Lipinski definition) is 1. The Bertz CT molecular complexity index is 406. The summed E-state index contributed by atoms with van der Waals surface area (Å²) in [5.41, 5.74) is 1.11. The van der Waals surface area contributed by atoms with Crippen molar-refractivity contribution in [2.75, 3.05) is 6.54 Å². The van der Waals surface area contributed by atoms with Crippen LogP contribution in [-0.4, -0.2) is 17.8 Å². The number of aryl methyl sites for hydroxylation is 1. The van der Waals surface area contributed by atoms with E-state index in [1.165, 1.54) is 12.1 Å². The number of carbonyl (C=O) groups is 1. The van der Waals surface area contributed by atoms with Crippen LogP contribution in [0.5, 0.6) is 0 Å². The van der Waals surface area contributed by atoms with E-state index in [1.54, 1.807) is 13.0 Å². The number of alkyl halides is 1. The molecule has 1 amide bonds. The number of halogens is 2. The number of hydrogen-bond acceptors (Lipinski definition) is 1. The number of nitrogens with one attached hydrogen (secondary N) is 1. The Balaban J connectivity index is 2.67. The second-order valence-electron chi connectivity index (χ2n) is 4.43. The van der Waals surface area contributed by atoms with Gasteiger partial charge in [-0.3, -0.25) is 4.79 Å². The van der Waals surface area contributed by atoms with Crippen LogP contribution in [0.25, 0.3) is 0 Å². The number of benzene rings is 1. The fourth-order valence-corrected chi connectivity index (χ4v) is 1.44. The van der Waals surface area contributed by atoms with Crippen LogP contribution in [0.4, 0.5) is 4.39 Å². The van der Waals surface area contributed by atoms with Gasteiger partial charge in [0.05, 0.1) is 5.38 Å². The summed E-state index contributed by atoms with van der Waals surface area (Å²) in [6, 6.07) is 4.17. The standard InChI is InChI=1S/C13H17ClFNO/c1-8(2)12(14)7-16-13(17)11-6-10(15)5-4-9(11)3/h4-6,8,12H,7H2,1-3H3,(H,16,17). The van der Waals surface area contributed by atoms with Gasteiger partial charge in [-0.25, -0.2) is 4.39 Å². The lowest BCUT2D eigenvalue weighted by atomic mass is 10.1. The zero-order valence-corrected chi connectivity index (χ0v) is 11.0. The lowest BCUT2D eigenvalue weighted by Gasteiger charge is -2.14. The predicted octanol–water partition coefficient (Wildman–Crippen LogP) is 3.13. The van der Waals surface area contributed by atoms with Gasteiger partial charge in [-0.2, -0.15) is 0 Å². The Kier molecular flexibility index (Phi) is 4.94. The third kappa shape index (κ3) is 4.00. The molecule has 0 aliphatic heterocycles. The average molecular weight is 258 g/mol. The van der Waals surface area contributed by atoms with E-state index in [9.17, 15) is 9.18 Å². The fourth-order valence-electron chi connectivity index (χ4n) is 1.36. The fraction of sp³-hybridized carbons (Fsp3) is 0.462. The molecule has 0 heterocycles. The smallest absolute Gasteiger partial charge is 0.251 e. The molecule has 0 spiro atoms. The van der Waals surface area contributed by atoms with Crippen molar-refractivity contribution in [3.63, 3.8) is 0 Å². The van der Waals surface area contributed by atoms with Crippen molar-refractivity contribution in [2.24, 2.45) is 5.92 Å². The summed E-state index contributed by atoms with van der Waals surface area (Å²) >= 11 is 6.03. The lowest BCUT2D eigenvalue weighted by molar-refractivity contribution is 0.0951.